The second kappa shape index (κ2) is 14.9. The van der Waals surface area contributed by atoms with E-state index in [2.05, 4.69) is 35.3 Å². The molecule has 1 aliphatic carbocycles. The maximum absolute atomic E-state index is 13.4. The van der Waals surface area contributed by atoms with Crippen LogP contribution in [-0.2, 0) is 16.6 Å². The summed E-state index contributed by atoms with van der Waals surface area (Å²) in [5, 5.41) is 16.4. The molecule has 12 nitrogen and oxygen atoms in total. The molecule has 4 N–H and O–H groups in total. The summed E-state index contributed by atoms with van der Waals surface area (Å²) in [4.78, 5) is 29.3. The van der Waals surface area contributed by atoms with E-state index >= 15 is 0 Å². The predicted molar refractivity (Wildman–Crippen MR) is 180 cm³/mol. The molecule has 1 saturated carbocycles. The molecule has 0 amide bonds. The van der Waals surface area contributed by atoms with Crippen molar-refractivity contribution in [1.29, 1.82) is 0 Å². The molecule has 0 spiro atoms. The minimum Gasteiger partial charge on any atom is -0.488 e. The van der Waals surface area contributed by atoms with Gasteiger partial charge in [-0.15, -0.1) is 0 Å². The molecule has 1 aliphatic rings. The fourth-order valence-electron chi connectivity index (χ4n) is 5.51. The average molecular weight is 660 g/mol. The number of carboxylic acid groups (broad SMARTS) is 1. The number of ether oxygens (including phenoxy) is 1. The van der Waals surface area contributed by atoms with Gasteiger partial charge in [0.25, 0.3) is 10.0 Å². The van der Waals surface area contributed by atoms with Gasteiger partial charge in [-0.25, -0.2) is 32.9 Å². The molecular weight excluding hydrogens is 618 g/mol. The Hall–Kier alpha value is -4.62. The van der Waals surface area contributed by atoms with Crippen molar-refractivity contribution >= 4 is 27.8 Å². The molecule has 0 radical (unpaired) electrons. The van der Waals surface area contributed by atoms with Crippen molar-refractivity contribution in [3.63, 3.8) is 0 Å². The summed E-state index contributed by atoms with van der Waals surface area (Å²) in [5.41, 5.74) is 3.24. The van der Waals surface area contributed by atoms with Gasteiger partial charge in [0.15, 0.2) is 5.75 Å². The number of hydrogen-bond donors (Lipinski definition) is 4. The Bertz CT molecular complexity index is 1790. The number of sulfonamides is 1. The lowest BCUT2D eigenvalue weighted by Crippen LogP contribution is -2.38. The van der Waals surface area contributed by atoms with Crippen molar-refractivity contribution in [2.45, 2.75) is 77.0 Å². The first-order chi connectivity index (χ1) is 22.5. The molecule has 1 fully saturated rings. The van der Waals surface area contributed by atoms with Gasteiger partial charge in [0.05, 0.1) is 41.2 Å². The van der Waals surface area contributed by atoms with Crippen LogP contribution in [0.2, 0.25) is 0 Å². The number of aryl methyl sites for hydroxylation is 2. The van der Waals surface area contributed by atoms with Gasteiger partial charge in [-0.3, -0.25) is 0 Å². The zero-order chi connectivity index (χ0) is 33.6. The molecule has 0 bridgehead atoms. The summed E-state index contributed by atoms with van der Waals surface area (Å²) < 4.78 is 34.8. The van der Waals surface area contributed by atoms with E-state index in [-0.39, 0.29) is 28.6 Å². The third-order valence-corrected chi connectivity index (χ3v) is 9.38. The van der Waals surface area contributed by atoms with E-state index in [1.165, 1.54) is 37.5 Å². The van der Waals surface area contributed by atoms with Crippen LogP contribution in [-0.4, -0.2) is 58.1 Å². The summed E-state index contributed by atoms with van der Waals surface area (Å²) in [6.45, 7) is 8.84. The number of nitrogens with zero attached hydrogens (tertiary/aromatic N) is 4. The van der Waals surface area contributed by atoms with Crippen molar-refractivity contribution in [2.75, 3.05) is 16.6 Å². The van der Waals surface area contributed by atoms with Gasteiger partial charge in [0.2, 0.25) is 5.95 Å². The highest BCUT2D eigenvalue weighted by atomic mass is 32.2. The van der Waals surface area contributed by atoms with Crippen molar-refractivity contribution in [1.82, 2.24) is 25.3 Å². The van der Waals surface area contributed by atoms with E-state index < -0.39 is 16.0 Å². The Morgan fingerprint density at radius 1 is 1.02 bits per heavy atom. The van der Waals surface area contributed by atoms with Crippen LogP contribution in [0, 0.1) is 19.8 Å². The van der Waals surface area contributed by atoms with Gasteiger partial charge < -0.3 is 20.5 Å². The van der Waals surface area contributed by atoms with Crippen LogP contribution >= 0.6 is 0 Å². The number of carbonyl (C=O) groups is 1. The highest BCUT2D eigenvalue weighted by molar-refractivity contribution is 7.92. The number of aromatic nitrogens is 4. The van der Waals surface area contributed by atoms with Gasteiger partial charge >= 0.3 is 5.97 Å². The number of nitrogens with one attached hydrogen (secondary N) is 3. The first-order valence-corrected chi connectivity index (χ1v) is 17.2. The van der Waals surface area contributed by atoms with E-state index in [1.54, 1.807) is 12.4 Å². The number of aromatic carboxylic acids is 1. The van der Waals surface area contributed by atoms with E-state index in [0.29, 0.717) is 42.1 Å². The Morgan fingerprint density at radius 2 is 1.72 bits per heavy atom. The van der Waals surface area contributed by atoms with E-state index in [4.69, 9.17) is 4.74 Å². The summed E-state index contributed by atoms with van der Waals surface area (Å²) in [6.07, 6.45) is 7.96. The van der Waals surface area contributed by atoms with Gasteiger partial charge in [0.1, 0.15) is 11.6 Å². The molecule has 0 unspecified atom stereocenters. The lowest BCUT2D eigenvalue weighted by molar-refractivity contribution is 0.0696. The van der Waals surface area contributed by atoms with Crippen LogP contribution in [0.5, 0.6) is 5.75 Å². The largest absolute Gasteiger partial charge is 0.488 e. The maximum atomic E-state index is 13.4. The average Bonchev–Trinajstić information content (AvgIpc) is 3.00. The zero-order valence-electron chi connectivity index (χ0n) is 27.0. The highest BCUT2D eigenvalue weighted by Crippen LogP contribution is 2.31. The second-order valence-electron chi connectivity index (χ2n) is 12.2. The summed E-state index contributed by atoms with van der Waals surface area (Å²) in [7, 11) is -4.20. The maximum Gasteiger partial charge on any atom is 0.335 e. The third kappa shape index (κ3) is 9.01. The van der Waals surface area contributed by atoms with Crippen molar-refractivity contribution in [2.24, 2.45) is 5.92 Å². The Kier molecular flexibility index (Phi) is 10.7. The molecule has 1 atom stereocenters. The van der Waals surface area contributed by atoms with Crippen LogP contribution in [0.25, 0.3) is 11.3 Å². The first-order valence-electron chi connectivity index (χ1n) is 15.7. The fraction of sp³-hybridized carbons (Fsp3) is 0.382. The number of benzene rings is 2. The zero-order valence-corrected chi connectivity index (χ0v) is 27.8. The SMILES string of the molecule is Cc1cccc(C)c1-c1cc(NC[C@@H](CC2CCC2)NCc2ncc(OC(C)C)cn2)nc(NS(=O)(=O)c2cccc(C(=O)O)c2)n1. The minimum atomic E-state index is -4.20. The summed E-state index contributed by atoms with van der Waals surface area (Å²) in [6, 6.07) is 12.9. The van der Waals surface area contributed by atoms with E-state index in [9.17, 15) is 18.3 Å². The Labute approximate surface area is 275 Å². The fourth-order valence-corrected chi connectivity index (χ4v) is 6.50. The van der Waals surface area contributed by atoms with Crippen LogP contribution < -0.4 is 20.1 Å². The molecule has 5 rings (SSSR count). The summed E-state index contributed by atoms with van der Waals surface area (Å²) >= 11 is 0. The molecule has 2 aromatic heterocycles. The smallest absolute Gasteiger partial charge is 0.335 e. The van der Waals surface area contributed by atoms with Gasteiger partial charge in [-0.1, -0.05) is 43.5 Å². The second-order valence-corrected chi connectivity index (χ2v) is 13.8. The molecular formula is C34H41N7O5S. The van der Waals surface area contributed by atoms with E-state index in [0.717, 1.165) is 29.2 Å². The molecule has 2 aromatic carbocycles. The normalized spacial score (nSPS) is 14.0. The van der Waals surface area contributed by atoms with Gasteiger partial charge in [-0.2, -0.15) is 4.98 Å². The Morgan fingerprint density at radius 3 is 2.36 bits per heavy atom. The van der Waals surface area contributed by atoms with Gasteiger partial charge in [-0.05, 0) is 69.4 Å². The van der Waals surface area contributed by atoms with Crippen LogP contribution in [0.4, 0.5) is 11.8 Å². The Balaban J connectivity index is 1.39. The van der Waals surface area contributed by atoms with E-state index in [1.807, 2.05) is 52.0 Å². The quantitative estimate of drug-likeness (QED) is 0.125. The molecule has 248 valence electrons. The molecule has 0 aliphatic heterocycles. The number of carboxylic acids is 1. The molecule has 47 heavy (non-hydrogen) atoms. The highest BCUT2D eigenvalue weighted by Gasteiger charge is 2.23. The monoisotopic (exact) mass is 659 g/mol. The predicted octanol–water partition coefficient (Wildman–Crippen LogP) is 5.60. The standard InChI is InChI=1S/C34H41N7O5S/c1-21(2)46-27-18-37-31(38-19-27)20-35-26(14-24-10-6-11-24)17-36-30-16-29(32-22(3)8-5-9-23(32)4)39-34(40-30)41-47(44,45)28-13-7-12-25(15-28)33(42)43/h5,7-9,12-13,15-16,18-19,21,24,26,35H,6,10-11,14,17,20H2,1-4H3,(H,42,43)(H2,36,39,40,41)/t26-/m1/s1. The van der Waals surface area contributed by atoms with Crippen LogP contribution in [0.15, 0.2) is 65.8 Å². The number of rotatable bonds is 15. The van der Waals surface area contributed by atoms with Crippen molar-refractivity contribution < 1.29 is 23.1 Å². The number of hydrogen-bond acceptors (Lipinski definition) is 10. The lowest BCUT2D eigenvalue weighted by atomic mass is 9.81. The van der Waals surface area contributed by atoms with Gasteiger partial charge in [0, 0.05) is 24.2 Å². The van der Waals surface area contributed by atoms with Crippen LogP contribution in [0.3, 0.4) is 0 Å². The number of anilines is 2. The molecule has 4 aromatic rings. The third-order valence-electron chi connectivity index (χ3n) is 8.05. The molecule has 0 saturated heterocycles. The van der Waals surface area contributed by atoms with Crippen molar-refractivity contribution in [3.05, 3.63) is 83.4 Å². The summed E-state index contributed by atoms with van der Waals surface area (Å²) in [5.74, 6) is 0.992. The van der Waals surface area contributed by atoms with Crippen LogP contribution in [0.1, 0.15) is 66.8 Å². The molecule has 13 heteroatoms. The van der Waals surface area contributed by atoms with Crippen molar-refractivity contribution in [3.8, 4) is 17.0 Å². The minimum absolute atomic E-state index is 0.0384. The topological polar surface area (TPSA) is 168 Å². The first kappa shape index (κ1) is 33.7. The molecule has 2 heterocycles. The lowest BCUT2D eigenvalue weighted by Gasteiger charge is -2.30.